The van der Waals surface area contributed by atoms with Crippen molar-refractivity contribution in [3.63, 3.8) is 0 Å². The molecule has 0 aliphatic rings. The molecule has 0 bridgehead atoms. The standard InChI is InChI=1S/C21H36N4O2.HI/c1-7-8-9-12-21(3,4)15-24-20(22-5)23-14-17-10-11-19(27-6)18(13-17)25-16(2)26;/h10-11,13H,7-9,12,14-15H2,1-6H3,(H,25,26)(H2,22,23,24);1H. The molecule has 0 saturated heterocycles. The summed E-state index contributed by atoms with van der Waals surface area (Å²) in [7, 11) is 3.36. The zero-order valence-corrected chi connectivity index (χ0v) is 20.5. The first-order valence-electron chi connectivity index (χ1n) is 9.70. The average Bonchev–Trinajstić information content (AvgIpc) is 2.61. The lowest BCUT2D eigenvalue weighted by molar-refractivity contribution is -0.114. The third kappa shape index (κ3) is 10.1. The van der Waals surface area contributed by atoms with Crippen molar-refractivity contribution in [2.45, 2.75) is 59.9 Å². The fraction of sp³-hybridized carbons (Fsp3) is 0.619. The molecule has 1 amide bonds. The van der Waals surface area contributed by atoms with Crippen molar-refractivity contribution in [1.29, 1.82) is 0 Å². The Hall–Kier alpha value is -1.51. The largest absolute Gasteiger partial charge is 0.495 e. The highest BCUT2D eigenvalue weighted by Gasteiger charge is 2.17. The van der Waals surface area contributed by atoms with E-state index >= 15 is 0 Å². The molecule has 3 N–H and O–H groups in total. The van der Waals surface area contributed by atoms with Crippen molar-refractivity contribution in [2.24, 2.45) is 10.4 Å². The van der Waals surface area contributed by atoms with Crippen LogP contribution >= 0.6 is 24.0 Å². The number of carbonyl (C=O) groups is 1. The predicted molar refractivity (Wildman–Crippen MR) is 129 cm³/mol. The number of hydrogen-bond acceptors (Lipinski definition) is 3. The third-order valence-electron chi connectivity index (χ3n) is 4.45. The molecule has 7 heteroatoms. The summed E-state index contributed by atoms with van der Waals surface area (Å²) in [4.78, 5) is 15.7. The van der Waals surface area contributed by atoms with Gasteiger partial charge >= 0.3 is 0 Å². The summed E-state index contributed by atoms with van der Waals surface area (Å²) >= 11 is 0. The van der Waals surface area contributed by atoms with E-state index in [1.165, 1.54) is 32.6 Å². The van der Waals surface area contributed by atoms with Crippen LogP contribution in [0.3, 0.4) is 0 Å². The van der Waals surface area contributed by atoms with Crippen molar-refractivity contribution in [3.8, 4) is 5.75 Å². The Labute approximate surface area is 187 Å². The molecule has 160 valence electrons. The molecule has 0 spiro atoms. The first-order chi connectivity index (χ1) is 12.8. The van der Waals surface area contributed by atoms with E-state index in [1.54, 1.807) is 14.2 Å². The number of aliphatic imine (C=N–C) groups is 1. The van der Waals surface area contributed by atoms with Crippen LogP contribution in [0.2, 0.25) is 0 Å². The Bertz CT molecular complexity index is 633. The van der Waals surface area contributed by atoms with Gasteiger partial charge in [-0.05, 0) is 29.5 Å². The van der Waals surface area contributed by atoms with Gasteiger partial charge in [-0.2, -0.15) is 0 Å². The molecule has 0 fully saturated rings. The zero-order chi connectivity index (χ0) is 20.3. The summed E-state index contributed by atoms with van der Waals surface area (Å²) in [5.41, 5.74) is 1.93. The van der Waals surface area contributed by atoms with Crippen LogP contribution in [-0.2, 0) is 11.3 Å². The number of hydrogen-bond donors (Lipinski definition) is 3. The van der Waals surface area contributed by atoms with Gasteiger partial charge in [-0.25, -0.2) is 0 Å². The maximum atomic E-state index is 11.4. The number of ether oxygens (including phenoxy) is 1. The molecule has 0 aliphatic heterocycles. The lowest BCUT2D eigenvalue weighted by Crippen LogP contribution is -2.41. The number of nitrogens with one attached hydrogen (secondary N) is 3. The second-order valence-corrected chi connectivity index (χ2v) is 7.62. The third-order valence-corrected chi connectivity index (χ3v) is 4.45. The molecule has 0 unspecified atom stereocenters. The lowest BCUT2D eigenvalue weighted by Gasteiger charge is -2.26. The van der Waals surface area contributed by atoms with Gasteiger partial charge in [-0.3, -0.25) is 9.79 Å². The van der Waals surface area contributed by atoms with Crippen molar-refractivity contribution in [3.05, 3.63) is 23.8 Å². The van der Waals surface area contributed by atoms with E-state index in [0.29, 0.717) is 18.0 Å². The van der Waals surface area contributed by atoms with Crippen molar-refractivity contribution < 1.29 is 9.53 Å². The monoisotopic (exact) mass is 504 g/mol. The topological polar surface area (TPSA) is 74.8 Å². The highest BCUT2D eigenvalue weighted by molar-refractivity contribution is 14.0. The van der Waals surface area contributed by atoms with Gasteiger partial charge in [-0.1, -0.05) is 46.1 Å². The van der Waals surface area contributed by atoms with E-state index in [1.807, 2.05) is 18.2 Å². The van der Waals surface area contributed by atoms with E-state index in [0.717, 1.165) is 18.1 Å². The van der Waals surface area contributed by atoms with E-state index in [-0.39, 0.29) is 35.3 Å². The predicted octanol–water partition coefficient (Wildman–Crippen LogP) is 4.54. The van der Waals surface area contributed by atoms with Gasteiger partial charge in [0.2, 0.25) is 5.91 Å². The lowest BCUT2D eigenvalue weighted by atomic mass is 9.87. The molecule has 0 aliphatic carbocycles. The Balaban J connectivity index is 0.00000729. The van der Waals surface area contributed by atoms with Crippen LogP contribution in [0.15, 0.2) is 23.2 Å². The van der Waals surface area contributed by atoms with Gasteiger partial charge in [-0.15, -0.1) is 24.0 Å². The number of halogens is 1. The molecule has 0 heterocycles. The average molecular weight is 504 g/mol. The van der Waals surface area contributed by atoms with Crippen molar-refractivity contribution in [2.75, 3.05) is 26.0 Å². The maximum Gasteiger partial charge on any atom is 0.221 e. The van der Waals surface area contributed by atoms with Crippen molar-refractivity contribution >= 4 is 41.5 Å². The van der Waals surface area contributed by atoms with Gasteiger partial charge in [0.1, 0.15) is 5.75 Å². The SMILES string of the molecule is CCCCCC(C)(C)CNC(=NC)NCc1ccc(OC)c(NC(C)=O)c1.I. The Morgan fingerprint density at radius 2 is 1.93 bits per heavy atom. The van der Waals surface area contributed by atoms with Gasteiger partial charge in [0, 0.05) is 27.1 Å². The van der Waals surface area contributed by atoms with E-state index in [4.69, 9.17) is 4.74 Å². The second-order valence-electron chi connectivity index (χ2n) is 7.62. The number of methoxy groups -OCH3 is 1. The molecule has 0 atom stereocenters. The summed E-state index contributed by atoms with van der Waals surface area (Å²) in [6.45, 7) is 9.76. The maximum absolute atomic E-state index is 11.4. The van der Waals surface area contributed by atoms with Crippen LogP contribution in [0.1, 0.15) is 58.9 Å². The highest BCUT2D eigenvalue weighted by Crippen LogP contribution is 2.25. The number of unbranched alkanes of at least 4 members (excludes halogenated alkanes) is 2. The molecule has 0 aromatic heterocycles. The number of guanidine groups is 1. The number of amides is 1. The molecule has 1 rings (SSSR count). The fourth-order valence-electron chi connectivity index (χ4n) is 2.82. The molecule has 1 aromatic carbocycles. The van der Waals surface area contributed by atoms with E-state index in [2.05, 4.69) is 41.7 Å². The van der Waals surface area contributed by atoms with E-state index in [9.17, 15) is 4.79 Å². The molecule has 0 radical (unpaired) electrons. The number of benzene rings is 1. The summed E-state index contributed by atoms with van der Waals surface area (Å²) in [6, 6.07) is 5.74. The van der Waals surface area contributed by atoms with Gasteiger partial charge in [0.05, 0.1) is 12.8 Å². The minimum Gasteiger partial charge on any atom is -0.495 e. The molecular formula is C21H37IN4O2. The summed E-state index contributed by atoms with van der Waals surface area (Å²) in [6.07, 6.45) is 4.98. The second kappa shape index (κ2) is 13.6. The van der Waals surface area contributed by atoms with Crippen LogP contribution in [0.25, 0.3) is 0 Å². The smallest absolute Gasteiger partial charge is 0.221 e. The number of rotatable bonds is 10. The van der Waals surface area contributed by atoms with Crippen LogP contribution in [0.5, 0.6) is 5.75 Å². The number of carbonyl (C=O) groups excluding carboxylic acids is 1. The highest BCUT2D eigenvalue weighted by atomic mass is 127. The summed E-state index contributed by atoms with van der Waals surface area (Å²) < 4.78 is 5.29. The van der Waals surface area contributed by atoms with Crippen molar-refractivity contribution in [1.82, 2.24) is 10.6 Å². The molecule has 28 heavy (non-hydrogen) atoms. The van der Waals surface area contributed by atoms with Gasteiger partial charge in [0.15, 0.2) is 5.96 Å². The fourth-order valence-corrected chi connectivity index (χ4v) is 2.82. The Morgan fingerprint density at radius 1 is 1.21 bits per heavy atom. The Kier molecular flexibility index (Phi) is 12.9. The normalized spacial score (nSPS) is 11.4. The quantitative estimate of drug-likeness (QED) is 0.189. The van der Waals surface area contributed by atoms with Crippen LogP contribution < -0.4 is 20.7 Å². The first-order valence-corrected chi connectivity index (χ1v) is 9.70. The first kappa shape index (κ1) is 26.5. The molecule has 1 aromatic rings. The number of anilines is 1. The van der Waals surface area contributed by atoms with Gasteiger partial charge < -0.3 is 20.7 Å². The van der Waals surface area contributed by atoms with Crippen LogP contribution in [-0.4, -0.2) is 32.6 Å². The number of nitrogens with zero attached hydrogens (tertiary/aromatic N) is 1. The minimum absolute atomic E-state index is 0. The van der Waals surface area contributed by atoms with Crippen LogP contribution in [0, 0.1) is 5.41 Å². The molecule has 6 nitrogen and oxygen atoms in total. The van der Waals surface area contributed by atoms with E-state index < -0.39 is 0 Å². The zero-order valence-electron chi connectivity index (χ0n) is 18.1. The van der Waals surface area contributed by atoms with Gasteiger partial charge in [0.25, 0.3) is 0 Å². The molecular weight excluding hydrogens is 467 g/mol. The minimum atomic E-state index is -0.124. The molecule has 0 saturated carbocycles. The van der Waals surface area contributed by atoms with Crippen LogP contribution in [0.4, 0.5) is 5.69 Å². The Morgan fingerprint density at radius 3 is 2.50 bits per heavy atom. The summed E-state index contributed by atoms with van der Waals surface area (Å²) in [5, 5.41) is 9.55. The summed E-state index contributed by atoms with van der Waals surface area (Å²) in [5.74, 6) is 1.29.